The molecule has 1 fully saturated rings. The van der Waals surface area contributed by atoms with Gasteiger partial charge in [0.05, 0.1) is 0 Å². The standard InChI is InChI=1S/C12H22N2.C3H6/c1-4-12(2)6-5-7-14-10-8-13(3)9-11-14;1-3-2/h5-7H,4,8-11H2,1-3H3;3H,1H2,2H3/b7-5+,12-6+;. The van der Waals surface area contributed by atoms with Crippen molar-refractivity contribution in [3.63, 3.8) is 0 Å². The summed E-state index contributed by atoms with van der Waals surface area (Å²) < 4.78 is 0. The molecule has 0 atom stereocenters. The highest BCUT2D eigenvalue weighted by Crippen LogP contribution is 2.01. The van der Waals surface area contributed by atoms with Crippen LogP contribution in [-0.4, -0.2) is 43.0 Å². The molecule has 0 radical (unpaired) electrons. The van der Waals surface area contributed by atoms with E-state index in [4.69, 9.17) is 0 Å². The fourth-order valence-electron chi connectivity index (χ4n) is 1.42. The molecule has 1 saturated heterocycles. The van der Waals surface area contributed by atoms with Gasteiger partial charge < -0.3 is 9.80 Å². The van der Waals surface area contributed by atoms with Crippen molar-refractivity contribution in [2.45, 2.75) is 27.2 Å². The van der Waals surface area contributed by atoms with Gasteiger partial charge in [-0.25, -0.2) is 0 Å². The number of likely N-dealkylation sites (N-methyl/N-ethyl adjacent to an activating group) is 1. The Morgan fingerprint density at radius 3 is 2.24 bits per heavy atom. The van der Waals surface area contributed by atoms with Gasteiger partial charge in [-0.3, -0.25) is 0 Å². The maximum atomic E-state index is 3.36. The lowest BCUT2D eigenvalue weighted by Crippen LogP contribution is -2.41. The summed E-state index contributed by atoms with van der Waals surface area (Å²) in [5.74, 6) is 0. The molecular weight excluding hydrogens is 208 g/mol. The zero-order valence-electron chi connectivity index (χ0n) is 11.9. The Labute approximate surface area is 107 Å². The van der Waals surface area contributed by atoms with E-state index in [0.29, 0.717) is 0 Å². The zero-order valence-corrected chi connectivity index (χ0v) is 11.9. The van der Waals surface area contributed by atoms with Gasteiger partial charge in [-0.15, -0.1) is 6.58 Å². The molecule has 0 bridgehead atoms. The Hall–Kier alpha value is -1.02. The van der Waals surface area contributed by atoms with Crippen LogP contribution in [0.5, 0.6) is 0 Å². The molecule has 0 aromatic rings. The minimum absolute atomic E-state index is 1.15. The van der Waals surface area contributed by atoms with Crippen LogP contribution in [0.1, 0.15) is 27.2 Å². The minimum atomic E-state index is 1.15. The zero-order chi connectivity index (χ0) is 13.1. The normalized spacial score (nSPS) is 17.9. The van der Waals surface area contributed by atoms with Gasteiger partial charge in [-0.2, -0.15) is 0 Å². The Bertz CT molecular complexity index is 246. The van der Waals surface area contributed by atoms with E-state index in [0.717, 1.165) is 19.5 Å². The third-order valence-electron chi connectivity index (χ3n) is 2.77. The van der Waals surface area contributed by atoms with Gasteiger partial charge in [0.15, 0.2) is 0 Å². The third kappa shape index (κ3) is 8.75. The highest BCUT2D eigenvalue weighted by atomic mass is 15.2. The molecule has 0 aromatic carbocycles. The van der Waals surface area contributed by atoms with E-state index in [-0.39, 0.29) is 0 Å². The molecule has 0 N–H and O–H groups in total. The first-order valence-corrected chi connectivity index (χ1v) is 6.47. The quantitative estimate of drug-likeness (QED) is 0.548. The molecule has 1 rings (SSSR count). The molecule has 1 aliphatic rings. The summed E-state index contributed by atoms with van der Waals surface area (Å²) in [4.78, 5) is 4.76. The molecule has 0 aromatic heterocycles. The molecule has 0 unspecified atom stereocenters. The van der Waals surface area contributed by atoms with Crippen molar-refractivity contribution in [1.29, 1.82) is 0 Å². The van der Waals surface area contributed by atoms with Crippen molar-refractivity contribution in [3.05, 3.63) is 36.6 Å². The predicted molar refractivity (Wildman–Crippen MR) is 78.1 cm³/mol. The van der Waals surface area contributed by atoms with Gasteiger partial charge in [0, 0.05) is 26.2 Å². The smallest absolute Gasteiger partial charge is 0.0300 e. The molecule has 2 nitrogen and oxygen atoms in total. The van der Waals surface area contributed by atoms with Gasteiger partial charge in [0.25, 0.3) is 0 Å². The van der Waals surface area contributed by atoms with E-state index in [1.165, 1.54) is 18.7 Å². The van der Waals surface area contributed by atoms with Crippen molar-refractivity contribution < 1.29 is 0 Å². The number of hydrogen-bond acceptors (Lipinski definition) is 2. The number of hydrogen-bond donors (Lipinski definition) is 0. The average molecular weight is 236 g/mol. The largest absolute Gasteiger partial charge is 0.375 e. The summed E-state index contributed by atoms with van der Waals surface area (Å²) in [5.41, 5.74) is 1.44. The molecular formula is C15H28N2. The van der Waals surface area contributed by atoms with Gasteiger partial charge in [0.1, 0.15) is 0 Å². The average Bonchev–Trinajstić information content (AvgIpc) is 2.32. The second-order valence-electron chi connectivity index (χ2n) is 4.46. The lowest BCUT2D eigenvalue weighted by Gasteiger charge is -2.31. The topological polar surface area (TPSA) is 6.48 Å². The Morgan fingerprint density at radius 2 is 1.76 bits per heavy atom. The van der Waals surface area contributed by atoms with Crippen LogP contribution in [0.15, 0.2) is 36.6 Å². The maximum absolute atomic E-state index is 3.36. The lowest BCUT2D eigenvalue weighted by atomic mass is 10.2. The van der Waals surface area contributed by atoms with Gasteiger partial charge >= 0.3 is 0 Å². The first kappa shape index (κ1) is 16.0. The Morgan fingerprint density at radius 1 is 1.24 bits per heavy atom. The molecule has 0 aliphatic carbocycles. The summed E-state index contributed by atoms with van der Waals surface area (Å²) in [6, 6.07) is 0. The highest BCUT2D eigenvalue weighted by molar-refractivity contribution is 5.09. The molecule has 0 amide bonds. The summed E-state index contributed by atoms with van der Waals surface area (Å²) in [7, 11) is 2.18. The highest BCUT2D eigenvalue weighted by Gasteiger charge is 2.09. The first-order chi connectivity index (χ1) is 8.13. The maximum Gasteiger partial charge on any atom is 0.0300 e. The van der Waals surface area contributed by atoms with Crippen molar-refractivity contribution in [3.8, 4) is 0 Å². The van der Waals surface area contributed by atoms with E-state index >= 15 is 0 Å². The summed E-state index contributed by atoms with van der Waals surface area (Å²) >= 11 is 0. The fourth-order valence-corrected chi connectivity index (χ4v) is 1.42. The lowest BCUT2D eigenvalue weighted by molar-refractivity contribution is 0.198. The number of rotatable bonds is 3. The van der Waals surface area contributed by atoms with E-state index < -0.39 is 0 Å². The monoisotopic (exact) mass is 236 g/mol. The molecule has 98 valence electrons. The van der Waals surface area contributed by atoms with E-state index in [1.807, 2.05) is 6.92 Å². The van der Waals surface area contributed by atoms with Crippen LogP contribution in [0.25, 0.3) is 0 Å². The second-order valence-corrected chi connectivity index (χ2v) is 4.46. The van der Waals surface area contributed by atoms with E-state index in [9.17, 15) is 0 Å². The van der Waals surface area contributed by atoms with E-state index in [1.54, 1.807) is 6.08 Å². The summed E-state index contributed by atoms with van der Waals surface area (Å²) in [6.45, 7) is 14.3. The molecule has 0 saturated carbocycles. The van der Waals surface area contributed by atoms with Gasteiger partial charge in [-0.1, -0.05) is 24.6 Å². The third-order valence-corrected chi connectivity index (χ3v) is 2.77. The van der Waals surface area contributed by atoms with Crippen LogP contribution in [0.4, 0.5) is 0 Å². The Balaban J connectivity index is 0.000000770. The van der Waals surface area contributed by atoms with Crippen LogP contribution < -0.4 is 0 Å². The fraction of sp³-hybridized carbons (Fsp3) is 0.600. The number of nitrogens with zero attached hydrogens (tertiary/aromatic N) is 2. The molecule has 1 heterocycles. The van der Waals surface area contributed by atoms with Crippen molar-refractivity contribution in [1.82, 2.24) is 9.80 Å². The number of allylic oxidation sites excluding steroid dienone is 4. The number of piperazine rings is 1. The molecule has 17 heavy (non-hydrogen) atoms. The van der Waals surface area contributed by atoms with Crippen molar-refractivity contribution >= 4 is 0 Å². The second kappa shape index (κ2) is 10.2. The molecule has 2 heteroatoms. The molecule has 1 aliphatic heterocycles. The van der Waals surface area contributed by atoms with Crippen LogP contribution in [-0.2, 0) is 0 Å². The first-order valence-electron chi connectivity index (χ1n) is 6.47. The van der Waals surface area contributed by atoms with Crippen LogP contribution in [0.3, 0.4) is 0 Å². The van der Waals surface area contributed by atoms with E-state index in [2.05, 4.69) is 55.6 Å². The molecule has 0 spiro atoms. The summed E-state index contributed by atoms with van der Waals surface area (Å²) in [5, 5.41) is 0. The van der Waals surface area contributed by atoms with Crippen LogP contribution in [0.2, 0.25) is 0 Å². The van der Waals surface area contributed by atoms with Crippen LogP contribution in [0, 0.1) is 0 Å². The Kier molecular flexibility index (Phi) is 9.55. The van der Waals surface area contributed by atoms with Crippen molar-refractivity contribution in [2.75, 3.05) is 33.2 Å². The van der Waals surface area contributed by atoms with Crippen molar-refractivity contribution in [2.24, 2.45) is 0 Å². The summed E-state index contributed by atoms with van der Waals surface area (Å²) in [6.07, 6.45) is 9.49. The van der Waals surface area contributed by atoms with Gasteiger partial charge in [-0.05, 0) is 39.6 Å². The van der Waals surface area contributed by atoms with Crippen LogP contribution >= 0.6 is 0 Å². The SMILES string of the molecule is C=CC.CC/C(C)=C/C=C/N1CCN(C)CC1. The predicted octanol–water partition coefficient (Wildman–Crippen LogP) is 3.30. The van der Waals surface area contributed by atoms with Gasteiger partial charge in [0.2, 0.25) is 0 Å². The minimum Gasteiger partial charge on any atom is -0.375 e.